The smallest absolute Gasteiger partial charge is 0.123 e. The third-order valence-electron chi connectivity index (χ3n) is 2.99. The zero-order valence-corrected chi connectivity index (χ0v) is 10.8. The summed E-state index contributed by atoms with van der Waals surface area (Å²) >= 11 is 0. The summed E-state index contributed by atoms with van der Waals surface area (Å²) in [5, 5.41) is 9.19. The molecule has 1 aromatic carbocycles. The van der Waals surface area contributed by atoms with E-state index in [0.717, 1.165) is 29.1 Å². The van der Waals surface area contributed by atoms with Crippen molar-refractivity contribution in [2.75, 3.05) is 7.11 Å². The number of hydrogen-bond donors (Lipinski definition) is 1. The Morgan fingerprint density at radius 1 is 1.39 bits per heavy atom. The Morgan fingerprint density at radius 2 is 2.22 bits per heavy atom. The van der Waals surface area contributed by atoms with E-state index in [2.05, 4.69) is 16.5 Å². The molecule has 0 bridgehead atoms. The van der Waals surface area contributed by atoms with Gasteiger partial charge in [-0.3, -0.25) is 0 Å². The number of aromatic nitrogens is 2. The molecule has 0 unspecified atom stereocenters. The summed E-state index contributed by atoms with van der Waals surface area (Å²) in [6.45, 7) is 2.84. The monoisotopic (exact) mass is 246 g/mol. The lowest BCUT2D eigenvalue weighted by atomic mass is 10.1. The summed E-state index contributed by atoms with van der Waals surface area (Å²) in [5.41, 5.74) is 1.95. The SMILES string of the molecule is CCc1nccn1Cc1cc(CO)ccc1OC. The first-order valence-electron chi connectivity index (χ1n) is 6.05. The van der Waals surface area contributed by atoms with Crippen molar-refractivity contribution >= 4 is 0 Å². The molecule has 0 saturated carbocycles. The molecule has 0 fully saturated rings. The molecule has 2 aromatic rings. The number of aryl methyl sites for hydroxylation is 1. The molecule has 4 heteroatoms. The van der Waals surface area contributed by atoms with Gasteiger partial charge in [0.25, 0.3) is 0 Å². The van der Waals surface area contributed by atoms with Gasteiger partial charge in [-0.2, -0.15) is 0 Å². The highest BCUT2D eigenvalue weighted by molar-refractivity contribution is 5.37. The highest BCUT2D eigenvalue weighted by Crippen LogP contribution is 2.21. The average Bonchev–Trinajstić information content (AvgIpc) is 2.86. The Kier molecular flexibility index (Phi) is 3.99. The number of methoxy groups -OCH3 is 1. The third-order valence-corrected chi connectivity index (χ3v) is 2.99. The van der Waals surface area contributed by atoms with Gasteiger partial charge in [0, 0.05) is 24.4 Å². The minimum atomic E-state index is 0.0432. The number of rotatable bonds is 5. The molecule has 96 valence electrons. The van der Waals surface area contributed by atoms with Crippen LogP contribution >= 0.6 is 0 Å². The van der Waals surface area contributed by atoms with Crippen LogP contribution in [0.4, 0.5) is 0 Å². The summed E-state index contributed by atoms with van der Waals surface area (Å²) in [5.74, 6) is 1.88. The van der Waals surface area contributed by atoms with Gasteiger partial charge in [-0.15, -0.1) is 0 Å². The minimum Gasteiger partial charge on any atom is -0.496 e. The first-order valence-corrected chi connectivity index (χ1v) is 6.05. The quantitative estimate of drug-likeness (QED) is 0.877. The van der Waals surface area contributed by atoms with E-state index in [9.17, 15) is 5.11 Å². The van der Waals surface area contributed by atoms with Crippen LogP contribution in [0.15, 0.2) is 30.6 Å². The Balaban J connectivity index is 2.32. The second kappa shape index (κ2) is 5.69. The van der Waals surface area contributed by atoms with Crippen molar-refractivity contribution in [3.63, 3.8) is 0 Å². The molecule has 1 N–H and O–H groups in total. The topological polar surface area (TPSA) is 47.3 Å². The van der Waals surface area contributed by atoms with E-state index in [1.54, 1.807) is 13.3 Å². The summed E-state index contributed by atoms with van der Waals surface area (Å²) in [6, 6.07) is 5.73. The van der Waals surface area contributed by atoms with Gasteiger partial charge >= 0.3 is 0 Å². The number of imidazole rings is 1. The summed E-state index contributed by atoms with van der Waals surface area (Å²) in [7, 11) is 1.66. The summed E-state index contributed by atoms with van der Waals surface area (Å²) < 4.78 is 7.45. The molecular weight excluding hydrogens is 228 g/mol. The van der Waals surface area contributed by atoms with Crippen LogP contribution in [-0.4, -0.2) is 21.8 Å². The van der Waals surface area contributed by atoms with Crippen molar-refractivity contribution in [1.82, 2.24) is 9.55 Å². The summed E-state index contributed by atoms with van der Waals surface area (Å²) in [4.78, 5) is 4.30. The molecular formula is C14H18N2O2. The number of ether oxygens (including phenoxy) is 1. The second-order valence-corrected chi connectivity index (χ2v) is 4.13. The van der Waals surface area contributed by atoms with Crippen molar-refractivity contribution < 1.29 is 9.84 Å². The van der Waals surface area contributed by atoms with Crippen LogP contribution in [0.5, 0.6) is 5.75 Å². The predicted octanol–water partition coefficient (Wildman–Crippen LogP) is 1.99. The maximum absolute atomic E-state index is 9.19. The van der Waals surface area contributed by atoms with E-state index in [4.69, 9.17) is 4.74 Å². The van der Waals surface area contributed by atoms with Crippen molar-refractivity contribution in [3.05, 3.63) is 47.5 Å². The first kappa shape index (κ1) is 12.6. The standard InChI is InChI=1S/C14H18N2O2/c1-3-14-15-6-7-16(14)9-12-8-11(10-17)4-5-13(12)18-2/h4-8,17H,3,9-10H2,1-2H3. The van der Waals surface area contributed by atoms with Gasteiger partial charge in [0.2, 0.25) is 0 Å². The fourth-order valence-electron chi connectivity index (χ4n) is 2.04. The summed E-state index contributed by atoms with van der Waals surface area (Å²) in [6.07, 6.45) is 4.67. The molecule has 0 aliphatic heterocycles. The molecule has 0 amide bonds. The second-order valence-electron chi connectivity index (χ2n) is 4.13. The van der Waals surface area contributed by atoms with Crippen LogP contribution in [-0.2, 0) is 19.6 Å². The van der Waals surface area contributed by atoms with Gasteiger partial charge in [0.05, 0.1) is 20.3 Å². The molecule has 0 aliphatic carbocycles. The maximum Gasteiger partial charge on any atom is 0.123 e. The largest absolute Gasteiger partial charge is 0.496 e. The zero-order valence-electron chi connectivity index (χ0n) is 10.8. The van der Waals surface area contributed by atoms with Gasteiger partial charge in [0.15, 0.2) is 0 Å². The highest BCUT2D eigenvalue weighted by atomic mass is 16.5. The number of hydrogen-bond acceptors (Lipinski definition) is 3. The number of benzene rings is 1. The molecule has 2 rings (SSSR count). The van der Waals surface area contributed by atoms with E-state index < -0.39 is 0 Å². The fourth-order valence-corrected chi connectivity index (χ4v) is 2.04. The van der Waals surface area contributed by atoms with Crippen LogP contribution in [0.2, 0.25) is 0 Å². The number of nitrogens with zero attached hydrogens (tertiary/aromatic N) is 2. The predicted molar refractivity (Wildman–Crippen MR) is 69.6 cm³/mol. The van der Waals surface area contributed by atoms with Crippen molar-refractivity contribution in [3.8, 4) is 5.75 Å². The average molecular weight is 246 g/mol. The van der Waals surface area contributed by atoms with E-state index in [1.807, 2.05) is 24.4 Å². The van der Waals surface area contributed by atoms with E-state index in [0.29, 0.717) is 6.54 Å². The molecule has 18 heavy (non-hydrogen) atoms. The van der Waals surface area contributed by atoms with E-state index in [-0.39, 0.29) is 6.61 Å². The lowest BCUT2D eigenvalue weighted by Crippen LogP contribution is -2.05. The molecule has 0 atom stereocenters. The minimum absolute atomic E-state index is 0.0432. The molecule has 0 radical (unpaired) electrons. The normalized spacial score (nSPS) is 10.6. The third kappa shape index (κ3) is 2.54. The molecule has 0 spiro atoms. The molecule has 4 nitrogen and oxygen atoms in total. The Bertz CT molecular complexity index is 520. The van der Waals surface area contributed by atoms with Crippen LogP contribution in [0, 0.1) is 0 Å². The zero-order chi connectivity index (χ0) is 13.0. The number of aliphatic hydroxyl groups is 1. The van der Waals surface area contributed by atoms with Crippen LogP contribution in [0.3, 0.4) is 0 Å². The van der Waals surface area contributed by atoms with Crippen LogP contribution in [0.25, 0.3) is 0 Å². The van der Waals surface area contributed by atoms with Crippen LogP contribution < -0.4 is 4.74 Å². The number of aliphatic hydroxyl groups excluding tert-OH is 1. The molecule has 0 aliphatic rings. The lowest BCUT2D eigenvalue weighted by Gasteiger charge is -2.12. The van der Waals surface area contributed by atoms with Gasteiger partial charge in [-0.25, -0.2) is 4.98 Å². The van der Waals surface area contributed by atoms with Gasteiger partial charge in [0.1, 0.15) is 11.6 Å². The molecule has 1 heterocycles. The first-order chi connectivity index (χ1) is 8.78. The lowest BCUT2D eigenvalue weighted by molar-refractivity contribution is 0.281. The van der Waals surface area contributed by atoms with Crippen molar-refractivity contribution in [2.24, 2.45) is 0 Å². The van der Waals surface area contributed by atoms with Crippen LogP contribution in [0.1, 0.15) is 23.9 Å². The maximum atomic E-state index is 9.19. The van der Waals surface area contributed by atoms with E-state index >= 15 is 0 Å². The Hall–Kier alpha value is -1.81. The molecule has 1 aromatic heterocycles. The Morgan fingerprint density at radius 3 is 2.89 bits per heavy atom. The van der Waals surface area contributed by atoms with E-state index in [1.165, 1.54) is 0 Å². The van der Waals surface area contributed by atoms with Gasteiger partial charge in [-0.05, 0) is 17.7 Å². The Labute approximate surface area is 107 Å². The van der Waals surface area contributed by atoms with Crippen molar-refractivity contribution in [2.45, 2.75) is 26.5 Å². The van der Waals surface area contributed by atoms with Gasteiger partial charge in [-0.1, -0.05) is 13.0 Å². The fraction of sp³-hybridized carbons (Fsp3) is 0.357. The van der Waals surface area contributed by atoms with Crippen molar-refractivity contribution in [1.29, 1.82) is 0 Å². The highest BCUT2D eigenvalue weighted by Gasteiger charge is 2.07. The van der Waals surface area contributed by atoms with Gasteiger partial charge < -0.3 is 14.4 Å². The molecule has 0 saturated heterocycles.